The number of carbonyl (C=O) groups is 1. The molecule has 1 aliphatic rings. The van der Waals surface area contributed by atoms with Gasteiger partial charge in [-0.15, -0.1) is 12.3 Å². The maximum absolute atomic E-state index is 12.0. The maximum Gasteiger partial charge on any atom is 0.226 e. The van der Waals surface area contributed by atoms with Gasteiger partial charge < -0.3 is 10.1 Å². The first-order valence-corrected chi connectivity index (χ1v) is 6.73. The first kappa shape index (κ1) is 13.5. The van der Waals surface area contributed by atoms with E-state index in [2.05, 4.69) is 11.2 Å². The molecule has 1 amide bonds. The van der Waals surface area contributed by atoms with E-state index in [1.165, 1.54) is 0 Å². The van der Waals surface area contributed by atoms with E-state index in [1.54, 1.807) is 0 Å². The summed E-state index contributed by atoms with van der Waals surface area (Å²) in [4.78, 5) is 12.0. The van der Waals surface area contributed by atoms with Gasteiger partial charge in [-0.3, -0.25) is 4.79 Å². The lowest BCUT2D eigenvalue weighted by molar-refractivity contribution is -0.126. The van der Waals surface area contributed by atoms with Crippen LogP contribution in [-0.2, 0) is 11.2 Å². The molecule has 1 unspecified atom stereocenters. The van der Waals surface area contributed by atoms with Gasteiger partial charge in [-0.05, 0) is 30.9 Å². The fourth-order valence-electron chi connectivity index (χ4n) is 2.20. The second-order valence-corrected chi connectivity index (χ2v) is 4.77. The first-order valence-electron chi connectivity index (χ1n) is 6.73. The standard InChI is InChI=1S/C16H19NO2/c1-2-3-4-7-10-17-16(18)14-11-13-8-5-6-9-15(13)19-12-14/h1,5-6,8-9,14H,3-4,7,10-12H2,(H,17,18). The molecule has 1 aromatic carbocycles. The van der Waals surface area contributed by atoms with E-state index in [0.29, 0.717) is 13.2 Å². The predicted molar refractivity (Wildman–Crippen MR) is 74.8 cm³/mol. The van der Waals surface area contributed by atoms with Crippen molar-refractivity contribution in [3.63, 3.8) is 0 Å². The van der Waals surface area contributed by atoms with Crippen molar-refractivity contribution in [2.45, 2.75) is 25.7 Å². The third kappa shape index (κ3) is 3.75. The fraction of sp³-hybridized carbons (Fsp3) is 0.438. The topological polar surface area (TPSA) is 38.3 Å². The van der Waals surface area contributed by atoms with Gasteiger partial charge in [0, 0.05) is 13.0 Å². The van der Waals surface area contributed by atoms with Gasteiger partial charge in [-0.25, -0.2) is 0 Å². The van der Waals surface area contributed by atoms with Crippen LogP contribution in [0.1, 0.15) is 24.8 Å². The van der Waals surface area contributed by atoms with Crippen LogP contribution in [0.25, 0.3) is 0 Å². The number of nitrogens with one attached hydrogen (secondary N) is 1. The highest BCUT2D eigenvalue weighted by atomic mass is 16.5. The molecule has 0 bridgehead atoms. The molecule has 2 rings (SSSR count). The van der Waals surface area contributed by atoms with Crippen molar-refractivity contribution in [1.82, 2.24) is 5.32 Å². The number of fused-ring (bicyclic) bond motifs is 1. The molecule has 1 aromatic rings. The van der Waals surface area contributed by atoms with Crippen LogP contribution in [0.3, 0.4) is 0 Å². The summed E-state index contributed by atoms with van der Waals surface area (Å²) in [5.41, 5.74) is 1.11. The zero-order valence-electron chi connectivity index (χ0n) is 11.0. The smallest absolute Gasteiger partial charge is 0.226 e. The molecule has 0 saturated heterocycles. The Balaban J connectivity index is 1.78. The second kappa shape index (κ2) is 6.84. The van der Waals surface area contributed by atoms with E-state index in [4.69, 9.17) is 11.2 Å². The summed E-state index contributed by atoms with van der Waals surface area (Å²) < 4.78 is 5.61. The van der Waals surface area contributed by atoms with E-state index in [1.807, 2.05) is 24.3 Å². The lowest BCUT2D eigenvalue weighted by atomic mass is 9.96. The lowest BCUT2D eigenvalue weighted by Gasteiger charge is -2.24. The Kier molecular flexibility index (Phi) is 4.85. The fourth-order valence-corrected chi connectivity index (χ4v) is 2.20. The highest BCUT2D eigenvalue weighted by Gasteiger charge is 2.25. The van der Waals surface area contributed by atoms with Crippen molar-refractivity contribution in [2.75, 3.05) is 13.2 Å². The second-order valence-electron chi connectivity index (χ2n) is 4.77. The molecule has 0 radical (unpaired) electrons. The number of hydrogen-bond acceptors (Lipinski definition) is 2. The summed E-state index contributed by atoms with van der Waals surface area (Å²) in [6, 6.07) is 7.89. The minimum Gasteiger partial charge on any atom is -0.492 e. The molecule has 0 aliphatic carbocycles. The minimum atomic E-state index is -0.0810. The quantitative estimate of drug-likeness (QED) is 0.648. The van der Waals surface area contributed by atoms with Crippen molar-refractivity contribution in [1.29, 1.82) is 0 Å². The van der Waals surface area contributed by atoms with Crippen LogP contribution in [0, 0.1) is 18.3 Å². The van der Waals surface area contributed by atoms with Crippen LogP contribution in [-0.4, -0.2) is 19.1 Å². The number of para-hydroxylation sites is 1. The number of amides is 1. The summed E-state index contributed by atoms with van der Waals surface area (Å²) in [5, 5.41) is 2.95. The number of terminal acetylenes is 1. The minimum absolute atomic E-state index is 0.0789. The molecule has 0 fully saturated rings. The third-order valence-electron chi connectivity index (χ3n) is 3.30. The van der Waals surface area contributed by atoms with Gasteiger partial charge in [0.1, 0.15) is 12.4 Å². The number of unbranched alkanes of at least 4 members (excludes halogenated alkanes) is 2. The van der Waals surface area contributed by atoms with E-state index >= 15 is 0 Å². The van der Waals surface area contributed by atoms with Crippen LogP contribution in [0.2, 0.25) is 0 Å². The van der Waals surface area contributed by atoms with Gasteiger partial charge >= 0.3 is 0 Å². The average Bonchev–Trinajstić information content (AvgIpc) is 2.46. The van der Waals surface area contributed by atoms with Crippen molar-refractivity contribution >= 4 is 5.91 Å². The Labute approximate surface area is 114 Å². The van der Waals surface area contributed by atoms with Crippen molar-refractivity contribution in [2.24, 2.45) is 5.92 Å². The van der Waals surface area contributed by atoms with Crippen LogP contribution in [0.4, 0.5) is 0 Å². The molecule has 1 aliphatic heterocycles. The van der Waals surface area contributed by atoms with Crippen molar-refractivity contribution < 1.29 is 9.53 Å². The van der Waals surface area contributed by atoms with Gasteiger partial charge in [0.05, 0.1) is 5.92 Å². The summed E-state index contributed by atoms with van der Waals surface area (Å²) in [7, 11) is 0. The highest BCUT2D eigenvalue weighted by molar-refractivity contribution is 5.79. The van der Waals surface area contributed by atoms with Gasteiger partial charge in [0.2, 0.25) is 5.91 Å². The van der Waals surface area contributed by atoms with E-state index < -0.39 is 0 Å². The molecule has 3 heteroatoms. The molecule has 0 saturated carbocycles. The molecule has 1 N–H and O–H groups in total. The van der Waals surface area contributed by atoms with Crippen LogP contribution >= 0.6 is 0 Å². The summed E-state index contributed by atoms with van der Waals surface area (Å²) in [6.07, 6.45) is 8.60. The molecular weight excluding hydrogens is 238 g/mol. The Morgan fingerprint density at radius 1 is 1.42 bits per heavy atom. The van der Waals surface area contributed by atoms with Gasteiger partial charge in [0.15, 0.2) is 0 Å². The molecule has 19 heavy (non-hydrogen) atoms. The molecular formula is C16H19NO2. The van der Waals surface area contributed by atoms with Crippen molar-refractivity contribution in [3.05, 3.63) is 29.8 Å². The summed E-state index contributed by atoms with van der Waals surface area (Å²) in [5.74, 6) is 3.50. The molecule has 1 heterocycles. The van der Waals surface area contributed by atoms with Gasteiger partial charge in [-0.1, -0.05) is 18.2 Å². The van der Waals surface area contributed by atoms with Gasteiger partial charge in [-0.2, -0.15) is 0 Å². The normalized spacial score (nSPS) is 16.9. The molecule has 3 nitrogen and oxygen atoms in total. The maximum atomic E-state index is 12.0. The highest BCUT2D eigenvalue weighted by Crippen LogP contribution is 2.26. The Morgan fingerprint density at radius 2 is 2.26 bits per heavy atom. The SMILES string of the molecule is C#CCCCCNC(=O)C1COc2ccccc2C1. The first-order chi connectivity index (χ1) is 9.31. The third-order valence-corrected chi connectivity index (χ3v) is 3.30. The monoisotopic (exact) mass is 257 g/mol. The largest absolute Gasteiger partial charge is 0.492 e. The predicted octanol–water partition coefficient (Wildman–Crippen LogP) is 2.16. The molecule has 1 atom stereocenters. The zero-order chi connectivity index (χ0) is 13.5. The van der Waals surface area contributed by atoms with E-state index in [-0.39, 0.29) is 11.8 Å². The van der Waals surface area contributed by atoms with Crippen LogP contribution in [0.5, 0.6) is 5.75 Å². The van der Waals surface area contributed by atoms with Crippen LogP contribution < -0.4 is 10.1 Å². The summed E-state index contributed by atoms with van der Waals surface area (Å²) >= 11 is 0. The number of hydrogen-bond donors (Lipinski definition) is 1. The van der Waals surface area contributed by atoms with E-state index in [0.717, 1.165) is 37.0 Å². The lowest BCUT2D eigenvalue weighted by Crippen LogP contribution is -2.37. The summed E-state index contributed by atoms with van der Waals surface area (Å²) in [6.45, 7) is 1.16. The number of rotatable bonds is 5. The number of ether oxygens (including phenoxy) is 1. The zero-order valence-corrected chi connectivity index (χ0v) is 11.0. The molecule has 0 spiro atoms. The van der Waals surface area contributed by atoms with Gasteiger partial charge in [0.25, 0.3) is 0 Å². The molecule has 100 valence electrons. The Bertz CT molecular complexity index is 476. The Hall–Kier alpha value is -1.95. The Morgan fingerprint density at radius 3 is 3.11 bits per heavy atom. The van der Waals surface area contributed by atoms with Crippen molar-refractivity contribution in [3.8, 4) is 18.1 Å². The number of carbonyl (C=O) groups excluding carboxylic acids is 1. The average molecular weight is 257 g/mol. The van der Waals surface area contributed by atoms with Crippen LogP contribution in [0.15, 0.2) is 24.3 Å². The molecule has 0 aromatic heterocycles. The number of benzene rings is 1. The van der Waals surface area contributed by atoms with E-state index in [9.17, 15) is 4.79 Å².